The maximum Gasteiger partial charge on any atom is 0.0619 e. The van der Waals surface area contributed by atoms with Gasteiger partial charge in [-0.1, -0.05) is 117 Å². The van der Waals surface area contributed by atoms with Crippen LogP contribution in [-0.2, 0) is 5.41 Å². The molecule has 0 unspecified atom stereocenters. The summed E-state index contributed by atoms with van der Waals surface area (Å²) in [5.74, 6) is 0. The van der Waals surface area contributed by atoms with E-state index in [0.29, 0.717) is 0 Å². The molecule has 1 aliphatic carbocycles. The van der Waals surface area contributed by atoms with E-state index in [9.17, 15) is 0 Å². The molecule has 1 aliphatic rings. The minimum atomic E-state index is -0.0248. The summed E-state index contributed by atoms with van der Waals surface area (Å²) in [5, 5.41) is 5.01. The van der Waals surface area contributed by atoms with E-state index in [1.807, 2.05) is 0 Å². The molecule has 0 N–H and O–H groups in total. The molecule has 0 spiro atoms. The lowest BCUT2D eigenvalue weighted by atomic mass is 9.82. The average Bonchev–Trinajstić information content (AvgIpc) is 3.54. The minimum absolute atomic E-state index is 0.0248. The minimum Gasteiger partial charge on any atom is -0.310 e. The van der Waals surface area contributed by atoms with Crippen molar-refractivity contribution in [3.8, 4) is 16.8 Å². The summed E-state index contributed by atoms with van der Waals surface area (Å²) in [5.41, 5.74) is 12.5. The van der Waals surface area contributed by atoms with Crippen LogP contribution < -0.4 is 4.90 Å². The van der Waals surface area contributed by atoms with E-state index in [1.54, 1.807) is 0 Å². The van der Waals surface area contributed by atoms with Crippen LogP contribution in [-0.4, -0.2) is 4.57 Å². The maximum atomic E-state index is 2.43. The molecular weight excluding hydrogens is 544 g/mol. The molecule has 1 aromatic heterocycles. The second kappa shape index (κ2) is 9.70. The second-order valence-corrected chi connectivity index (χ2v) is 12.6. The van der Waals surface area contributed by atoms with E-state index in [-0.39, 0.29) is 5.41 Å². The first-order valence-electron chi connectivity index (χ1n) is 15.7. The zero-order valence-electron chi connectivity index (χ0n) is 25.4. The first-order valence-corrected chi connectivity index (χ1v) is 15.7. The summed E-state index contributed by atoms with van der Waals surface area (Å²) in [4.78, 5) is 2.40. The Bertz CT molecular complexity index is 2400. The monoisotopic (exact) mass is 576 g/mol. The molecule has 45 heavy (non-hydrogen) atoms. The van der Waals surface area contributed by atoms with Crippen LogP contribution in [0.4, 0.5) is 17.1 Å². The molecule has 9 rings (SSSR count). The third kappa shape index (κ3) is 3.82. The molecule has 0 radical (unpaired) electrons. The molecule has 0 fully saturated rings. The topological polar surface area (TPSA) is 8.17 Å². The van der Waals surface area contributed by atoms with E-state index in [0.717, 1.165) is 17.1 Å². The predicted octanol–water partition coefficient (Wildman–Crippen LogP) is 11.7. The number of anilines is 3. The molecule has 7 aromatic carbocycles. The van der Waals surface area contributed by atoms with E-state index in [2.05, 4.69) is 181 Å². The molecule has 2 nitrogen and oxygen atoms in total. The summed E-state index contributed by atoms with van der Waals surface area (Å²) < 4.78 is 2.43. The lowest BCUT2D eigenvalue weighted by Crippen LogP contribution is -2.15. The maximum absolute atomic E-state index is 2.43. The summed E-state index contributed by atoms with van der Waals surface area (Å²) in [6.45, 7) is 4.68. The number of fused-ring (bicyclic) bond motifs is 8. The summed E-state index contributed by atoms with van der Waals surface area (Å²) in [7, 11) is 0. The first kappa shape index (κ1) is 25.9. The summed E-state index contributed by atoms with van der Waals surface area (Å²) >= 11 is 0. The number of nitrogens with zero attached hydrogens (tertiary/aromatic N) is 2. The molecule has 0 saturated carbocycles. The highest BCUT2D eigenvalue weighted by Crippen LogP contribution is 2.51. The van der Waals surface area contributed by atoms with Crippen molar-refractivity contribution in [1.82, 2.24) is 4.57 Å². The van der Waals surface area contributed by atoms with Gasteiger partial charge in [0, 0.05) is 44.3 Å². The molecular formula is C43H32N2. The number of hydrogen-bond acceptors (Lipinski definition) is 1. The standard InChI is InChI=1S/C43H32N2/c1-43(2)39-20-12-11-19-35(39)37-27-32(22-25-40(37)43)44(30-14-5-3-6-15-30)33-23-26-41-38(28-33)36-24-21-29-13-9-10-18-34(29)42(36)45(41)31-16-7-4-8-17-31/h3-28H,1-2H3. The van der Waals surface area contributed by atoms with Crippen molar-refractivity contribution in [2.24, 2.45) is 0 Å². The molecule has 0 atom stereocenters. The Balaban J connectivity index is 1.31. The van der Waals surface area contributed by atoms with Gasteiger partial charge in [-0.15, -0.1) is 0 Å². The van der Waals surface area contributed by atoms with Gasteiger partial charge in [0.1, 0.15) is 0 Å². The fourth-order valence-electron chi connectivity index (χ4n) is 7.62. The number of aromatic nitrogens is 1. The molecule has 0 amide bonds. The fourth-order valence-corrected chi connectivity index (χ4v) is 7.62. The van der Waals surface area contributed by atoms with Gasteiger partial charge >= 0.3 is 0 Å². The Morgan fingerprint density at radius 2 is 1.13 bits per heavy atom. The van der Waals surface area contributed by atoms with Crippen LogP contribution in [0.1, 0.15) is 25.0 Å². The van der Waals surface area contributed by atoms with Crippen LogP contribution in [0.15, 0.2) is 158 Å². The van der Waals surface area contributed by atoms with Crippen molar-refractivity contribution >= 4 is 49.6 Å². The van der Waals surface area contributed by atoms with Gasteiger partial charge in [-0.25, -0.2) is 0 Å². The van der Waals surface area contributed by atoms with Crippen LogP contribution in [0.25, 0.3) is 49.4 Å². The number of benzene rings is 7. The largest absolute Gasteiger partial charge is 0.310 e. The number of para-hydroxylation sites is 2. The van der Waals surface area contributed by atoms with Crippen molar-refractivity contribution in [3.63, 3.8) is 0 Å². The van der Waals surface area contributed by atoms with Gasteiger partial charge in [0.25, 0.3) is 0 Å². The smallest absolute Gasteiger partial charge is 0.0619 e. The van der Waals surface area contributed by atoms with Crippen LogP contribution in [0, 0.1) is 0 Å². The van der Waals surface area contributed by atoms with E-state index < -0.39 is 0 Å². The molecule has 214 valence electrons. The van der Waals surface area contributed by atoms with Crippen molar-refractivity contribution in [3.05, 3.63) is 169 Å². The lowest BCUT2D eigenvalue weighted by molar-refractivity contribution is 0.660. The predicted molar refractivity (Wildman–Crippen MR) is 191 cm³/mol. The zero-order chi connectivity index (χ0) is 30.1. The van der Waals surface area contributed by atoms with E-state index in [4.69, 9.17) is 0 Å². The SMILES string of the molecule is CC1(C)c2ccccc2-c2cc(N(c3ccccc3)c3ccc4c(c3)c3ccc5ccccc5c3n4-c3ccccc3)ccc21. The van der Waals surface area contributed by atoms with Gasteiger partial charge in [-0.05, 0) is 82.2 Å². The van der Waals surface area contributed by atoms with Gasteiger partial charge in [0.05, 0.1) is 11.0 Å². The lowest BCUT2D eigenvalue weighted by Gasteiger charge is -2.27. The van der Waals surface area contributed by atoms with Crippen molar-refractivity contribution in [2.45, 2.75) is 19.3 Å². The van der Waals surface area contributed by atoms with Crippen molar-refractivity contribution < 1.29 is 0 Å². The Labute approximate surface area is 263 Å². The first-order chi connectivity index (χ1) is 22.1. The molecule has 8 aromatic rings. The highest BCUT2D eigenvalue weighted by molar-refractivity contribution is 6.19. The van der Waals surface area contributed by atoms with Crippen LogP contribution >= 0.6 is 0 Å². The van der Waals surface area contributed by atoms with Gasteiger partial charge in [0.15, 0.2) is 0 Å². The summed E-state index contributed by atoms with van der Waals surface area (Å²) in [6, 6.07) is 57.6. The number of hydrogen-bond donors (Lipinski definition) is 0. The third-order valence-corrected chi connectivity index (χ3v) is 9.75. The second-order valence-electron chi connectivity index (χ2n) is 12.6. The Hall–Kier alpha value is -5.60. The van der Waals surface area contributed by atoms with Gasteiger partial charge < -0.3 is 9.47 Å². The quantitative estimate of drug-likeness (QED) is 0.202. The van der Waals surface area contributed by atoms with Crippen molar-refractivity contribution in [2.75, 3.05) is 4.90 Å². The van der Waals surface area contributed by atoms with Gasteiger partial charge in [-0.3, -0.25) is 0 Å². The molecule has 1 heterocycles. The van der Waals surface area contributed by atoms with E-state index >= 15 is 0 Å². The van der Waals surface area contributed by atoms with Gasteiger partial charge in [-0.2, -0.15) is 0 Å². The zero-order valence-corrected chi connectivity index (χ0v) is 25.4. The van der Waals surface area contributed by atoms with Crippen LogP contribution in [0.2, 0.25) is 0 Å². The Kier molecular flexibility index (Phi) is 5.58. The summed E-state index contributed by atoms with van der Waals surface area (Å²) in [6.07, 6.45) is 0. The highest BCUT2D eigenvalue weighted by atomic mass is 15.1. The Morgan fingerprint density at radius 1 is 0.467 bits per heavy atom. The fraction of sp³-hybridized carbons (Fsp3) is 0.0698. The molecule has 0 saturated heterocycles. The highest BCUT2D eigenvalue weighted by Gasteiger charge is 2.35. The average molecular weight is 577 g/mol. The normalized spacial score (nSPS) is 13.3. The molecule has 0 bridgehead atoms. The van der Waals surface area contributed by atoms with Crippen LogP contribution in [0.3, 0.4) is 0 Å². The van der Waals surface area contributed by atoms with Crippen LogP contribution in [0.5, 0.6) is 0 Å². The Morgan fingerprint density at radius 3 is 1.98 bits per heavy atom. The van der Waals surface area contributed by atoms with Gasteiger partial charge in [0.2, 0.25) is 0 Å². The number of rotatable bonds is 4. The molecule has 0 aliphatic heterocycles. The third-order valence-electron chi connectivity index (χ3n) is 9.75. The molecule has 2 heteroatoms. The van der Waals surface area contributed by atoms with E-state index in [1.165, 1.54) is 60.5 Å². The van der Waals surface area contributed by atoms with Crippen molar-refractivity contribution in [1.29, 1.82) is 0 Å².